The molecule has 5 nitrogen and oxygen atoms in total. The van der Waals surface area contributed by atoms with Gasteiger partial charge in [-0.3, -0.25) is 0 Å². The maximum Gasteiger partial charge on any atom is 0.337 e. The van der Waals surface area contributed by atoms with E-state index in [0.29, 0.717) is 27.6 Å². The van der Waals surface area contributed by atoms with Crippen LogP contribution in [0.4, 0.5) is 5.69 Å². The van der Waals surface area contributed by atoms with Crippen molar-refractivity contribution >= 4 is 29.2 Å². The van der Waals surface area contributed by atoms with Crippen molar-refractivity contribution in [3.63, 3.8) is 0 Å². The number of hydrogen-bond acceptors (Lipinski definition) is 5. The molecule has 0 amide bonds. The lowest BCUT2D eigenvalue weighted by molar-refractivity contribution is -0.141. The van der Waals surface area contributed by atoms with Gasteiger partial charge in [0.05, 0.1) is 17.1 Å². The van der Waals surface area contributed by atoms with E-state index in [-0.39, 0.29) is 13.2 Å². The molecule has 5 rings (SSSR count). The summed E-state index contributed by atoms with van der Waals surface area (Å²) in [6.07, 6.45) is 0.899. The second kappa shape index (κ2) is 13.6. The Balaban J connectivity index is 1.62. The van der Waals surface area contributed by atoms with Gasteiger partial charge in [0.15, 0.2) is 0 Å². The van der Waals surface area contributed by atoms with Gasteiger partial charge in [0.2, 0.25) is 0 Å². The van der Waals surface area contributed by atoms with Crippen LogP contribution in [0.25, 0.3) is 0 Å². The zero-order valence-corrected chi connectivity index (χ0v) is 25.3. The van der Waals surface area contributed by atoms with E-state index in [1.54, 1.807) is 12.1 Å². The zero-order chi connectivity index (χ0) is 30.3. The van der Waals surface area contributed by atoms with Gasteiger partial charge in [-0.05, 0) is 66.8 Å². The van der Waals surface area contributed by atoms with E-state index in [4.69, 9.17) is 21.1 Å². The van der Waals surface area contributed by atoms with Gasteiger partial charge in [-0.2, -0.15) is 0 Å². The lowest BCUT2D eigenvalue weighted by atomic mass is 9.79. The van der Waals surface area contributed by atoms with Crippen molar-refractivity contribution in [3.05, 3.63) is 159 Å². The Labute approximate surface area is 258 Å². The van der Waals surface area contributed by atoms with Crippen LogP contribution < -0.4 is 4.90 Å². The summed E-state index contributed by atoms with van der Waals surface area (Å²) in [5.74, 6) is -1.73. The fourth-order valence-corrected chi connectivity index (χ4v) is 5.57. The molecule has 0 N–H and O–H groups in total. The van der Waals surface area contributed by atoms with E-state index in [9.17, 15) is 9.59 Å². The maximum atomic E-state index is 14.1. The minimum atomic E-state index is -0.727. The van der Waals surface area contributed by atoms with Gasteiger partial charge in [0, 0.05) is 22.1 Å². The van der Waals surface area contributed by atoms with Crippen LogP contribution in [-0.2, 0) is 38.7 Å². The lowest BCUT2D eigenvalue weighted by Crippen LogP contribution is -2.35. The van der Waals surface area contributed by atoms with E-state index in [2.05, 4.69) is 19.1 Å². The molecule has 0 bridgehead atoms. The Kier molecular flexibility index (Phi) is 9.43. The van der Waals surface area contributed by atoms with Crippen molar-refractivity contribution in [3.8, 4) is 0 Å². The van der Waals surface area contributed by atoms with Gasteiger partial charge in [0.25, 0.3) is 0 Å². The predicted octanol–water partition coefficient (Wildman–Crippen LogP) is 8.54. The number of esters is 2. The van der Waals surface area contributed by atoms with E-state index in [1.165, 1.54) is 5.56 Å². The van der Waals surface area contributed by atoms with E-state index in [1.807, 2.05) is 104 Å². The first-order valence-corrected chi connectivity index (χ1v) is 14.7. The molecule has 6 heteroatoms. The number of rotatable bonds is 9. The van der Waals surface area contributed by atoms with Crippen LogP contribution >= 0.6 is 11.6 Å². The zero-order valence-electron chi connectivity index (χ0n) is 24.5. The fraction of sp³-hybridized carbons (Fsp3) is 0.189. The van der Waals surface area contributed by atoms with Crippen LogP contribution in [0.2, 0.25) is 5.02 Å². The first kappa shape index (κ1) is 29.9. The van der Waals surface area contributed by atoms with Crippen LogP contribution in [0, 0.1) is 0 Å². The largest absolute Gasteiger partial charge is 0.457 e. The number of carbonyl (C=O) groups is 2. The first-order valence-electron chi connectivity index (χ1n) is 14.4. The average molecular weight is 592 g/mol. The van der Waals surface area contributed by atoms with E-state index < -0.39 is 17.9 Å². The molecule has 0 fully saturated rings. The summed E-state index contributed by atoms with van der Waals surface area (Å²) in [6, 6.07) is 34.4. The number of aryl methyl sites for hydroxylation is 1. The number of hydrogen-bond donors (Lipinski definition) is 0. The monoisotopic (exact) mass is 591 g/mol. The molecule has 0 atom stereocenters. The molecule has 1 heterocycles. The summed E-state index contributed by atoms with van der Waals surface area (Å²) >= 11 is 6.25. The quantitative estimate of drug-likeness (QED) is 0.183. The summed E-state index contributed by atoms with van der Waals surface area (Å²) in [6.45, 7) is 6.10. The number of carbonyl (C=O) groups excluding carboxylic acids is 2. The number of halogens is 1. The standard InChI is InChI=1S/C37H34ClNO4/c1-4-27-15-21-32(22-16-27)39-25(2)33(36(40)42-23-28-11-7-5-8-12-28)35(30-17-19-31(38)20-18-30)34(26(39)3)37(41)43-24-29-13-9-6-10-14-29/h5-22,35H,4,23-24H2,1-3H3. The highest BCUT2D eigenvalue weighted by Gasteiger charge is 2.41. The Morgan fingerprint density at radius 3 is 1.56 bits per heavy atom. The highest BCUT2D eigenvalue weighted by molar-refractivity contribution is 6.30. The molecule has 0 saturated carbocycles. The number of allylic oxidation sites excluding steroid dienone is 2. The van der Waals surface area contributed by atoms with E-state index in [0.717, 1.165) is 28.8 Å². The molecule has 218 valence electrons. The van der Waals surface area contributed by atoms with E-state index >= 15 is 0 Å². The maximum absolute atomic E-state index is 14.1. The molecule has 4 aromatic carbocycles. The summed E-state index contributed by atoms with van der Waals surface area (Å²) < 4.78 is 11.8. The van der Waals surface area contributed by atoms with Crippen molar-refractivity contribution in [1.82, 2.24) is 0 Å². The van der Waals surface area contributed by atoms with Gasteiger partial charge >= 0.3 is 11.9 Å². The molecule has 1 aliphatic heterocycles. The predicted molar refractivity (Wildman–Crippen MR) is 170 cm³/mol. The molecular formula is C37H34ClNO4. The minimum Gasteiger partial charge on any atom is -0.457 e. The third kappa shape index (κ3) is 6.73. The van der Waals surface area contributed by atoms with Crippen LogP contribution in [0.15, 0.2) is 132 Å². The highest BCUT2D eigenvalue weighted by Crippen LogP contribution is 2.45. The summed E-state index contributed by atoms with van der Waals surface area (Å²) in [4.78, 5) is 30.1. The molecule has 0 unspecified atom stereocenters. The third-order valence-electron chi connectivity index (χ3n) is 7.70. The molecular weight excluding hydrogens is 558 g/mol. The highest BCUT2D eigenvalue weighted by atomic mass is 35.5. The molecule has 43 heavy (non-hydrogen) atoms. The summed E-state index contributed by atoms with van der Waals surface area (Å²) in [5.41, 5.74) is 6.60. The second-order valence-corrected chi connectivity index (χ2v) is 10.9. The smallest absolute Gasteiger partial charge is 0.337 e. The molecule has 0 saturated heterocycles. The van der Waals surface area contributed by atoms with Crippen molar-refractivity contribution in [2.75, 3.05) is 4.90 Å². The lowest BCUT2D eigenvalue weighted by Gasteiger charge is -2.38. The minimum absolute atomic E-state index is 0.103. The molecule has 0 spiro atoms. The second-order valence-electron chi connectivity index (χ2n) is 10.5. The van der Waals surface area contributed by atoms with Crippen LogP contribution in [0.5, 0.6) is 0 Å². The van der Waals surface area contributed by atoms with Crippen molar-refractivity contribution in [1.29, 1.82) is 0 Å². The van der Waals surface area contributed by atoms with Crippen LogP contribution in [0.3, 0.4) is 0 Å². The molecule has 0 aliphatic carbocycles. The Hall–Kier alpha value is -4.61. The topological polar surface area (TPSA) is 55.8 Å². The fourth-order valence-electron chi connectivity index (χ4n) is 5.44. The summed E-state index contributed by atoms with van der Waals surface area (Å²) in [5, 5.41) is 0.556. The Morgan fingerprint density at radius 2 is 1.12 bits per heavy atom. The SMILES string of the molecule is CCc1ccc(N2C(C)=C(C(=O)OCc3ccccc3)C(c3ccc(Cl)cc3)C(C(=O)OCc3ccccc3)=C2C)cc1. The van der Waals surface area contributed by atoms with Gasteiger partial charge in [-0.1, -0.05) is 103 Å². The number of nitrogens with zero attached hydrogens (tertiary/aromatic N) is 1. The molecule has 0 radical (unpaired) electrons. The first-order chi connectivity index (χ1) is 20.9. The van der Waals surface area contributed by atoms with Gasteiger partial charge in [-0.15, -0.1) is 0 Å². The molecule has 0 aromatic heterocycles. The Bertz CT molecular complexity index is 1560. The number of benzene rings is 4. The van der Waals surface area contributed by atoms with Crippen LogP contribution in [-0.4, -0.2) is 11.9 Å². The number of anilines is 1. The van der Waals surface area contributed by atoms with Crippen molar-refractivity contribution in [2.45, 2.75) is 46.3 Å². The normalized spacial score (nSPS) is 13.7. The number of ether oxygens (including phenoxy) is 2. The molecule has 1 aliphatic rings. The summed E-state index contributed by atoms with van der Waals surface area (Å²) in [7, 11) is 0. The van der Waals surface area contributed by atoms with Crippen molar-refractivity contribution in [2.24, 2.45) is 0 Å². The third-order valence-corrected chi connectivity index (χ3v) is 7.95. The van der Waals surface area contributed by atoms with Gasteiger partial charge in [0.1, 0.15) is 13.2 Å². The molecule has 4 aromatic rings. The van der Waals surface area contributed by atoms with Gasteiger partial charge in [-0.25, -0.2) is 9.59 Å². The average Bonchev–Trinajstić information content (AvgIpc) is 3.04. The van der Waals surface area contributed by atoms with Crippen LogP contribution in [0.1, 0.15) is 48.9 Å². The van der Waals surface area contributed by atoms with Gasteiger partial charge < -0.3 is 14.4 Å². The Morgan fingerprint density at radius 1 is 0.651 bits per heavy atom. The van der Waals surface area contributed by atoms with Crippen molar-refractivity contribution < 1.29 is 19.1 Å².